The van der Waals surface area contributed by atoms with Crippen molar-refractivity contribution < 1.29 is 0 Å². The summed E-state index contributed by atoms with van der Waals surface area (Å²) in [5, 5.41) is 0.869. The quantitative estimate of drug-likeness (QED) is 0.574. The number of hydrogen-bond acceptors (Lipinski definition) is 6. The van der Waals surface area contributed by atoms with E-state index >= 15 is 0 Å². The van der Waals surface area contributed by atoms with Crippen LogP contribution in [0, 0.1) is 13.8 Å². The summed E-state index contributed by atoms with van der Waals surface area (Å²) in [6.07, 6.45) is 1.49. The maximum Gasteiger partial charge on any atom is 0.192 e. The highest BCUT2D eigenvalue weighted by atomic mass is 32.1. The molecule has 0 saturated carbocycles. The number of anilines is 3. The predicted octanol–water partition coefficient (Wildman–Crippen LogP) is 4.62. The lowest BCUT2D eigenvalue weighted by atomic mass is 10.1. The van der Waals surface area contributed by atoms with E-state index in [1.54, 1.807) is 0 Å². The van der Waals surface area contributed by atoms with E-state index in [4.69, 9.17) is 10.7 Å². The standard InChI is InChI=1S/C20H19N5S/c1-13-7-6-8-14(2)17(13)25(11-15-9-4-3-5-10-15)20-24-16-18(21)22-12-23-19(16)26-20/h3-10,12H,11H2,1-2H3,(H2,21,22,23). The number of rotatable bonds is 4. The van der Waals surface area contributed by atoms with Gasteiger partial charge in [0.2, 0.25) is 0 Å². The largest absolute Gasteiger partial charge is 0.382 e. The molecule has 26 heavy (non-hydrogen) atoms. The minimum atomic E-state index is 0.415. The molecule has 0 unspecified atom stereocenters. The second-order valence-corrected chi connectivity index (χ2v) is 7.18. The molecular formula is C20H19N5S. The first-order valence-electron chi connectivity index (χ1n) is 8.38. The van der Waals surface area contributed by atoms with Crippen LogP contribution in [0.4, 0.5) is 16.6 Å². The van der Waals surface area contributed by atoms with E-state index in [-0.39, 0.29) is 0 Å². The third-order valence-electron chi connectivity index (χ3n) is 4.34. The van der Waals surface area contributed by atoms with Gasteiger partial charge in [0, 0.05) is 5.69 Å². The van der Waals surface area contributed by atoms with Gasteiger partial charge in [0.25, 0.3) is 0 Å². The highest BCUT2D eigenvalue weighted by Crippen LogP contribution is 2.37. The van der Waals surface area contributed by atoms with Gasteiger partial charge >= 0.3 is 0 Å². The van der Waals surface area contributed by atoms with Gasteiger partial charge in [0.15, 0.2) is 15.8 Å². The summed E-state index contributed by atoms with van der Waals surface area (Å²) in [6, 6.07) is 16.7. The zero-order chi connectivity index (χ0) is 18.1. The number of nitrogens with two attached hydrogens (primary N) is 1. The Hall–Kier alpha value is -2.99. The van der Waals surface area contributed by atoms with Crippen LogP contribution in [0.5, 0.6) is 0 Å². The molecule has 0 atom stereocenters. The summed E-state index contributed by atoms with van der Waals surface area (Å²) in [5.41, 5.74) is 11.5. The predicted molar refractivity (Wildman–Crippen MR) is 108 cm³/mol. The van der Waals surface area contributed by atoms with Crippen LogP contribution < -0.4 is 10.6 Å². The number of para-hydroxylation sites is 1. The van der Waals surface area contributed by atoms with Crippen LogP contribution >= 0.6 is 11.3 Å². The highest BCUT2D eigenvalue weighted by Gasteiger charge is 2.20. The molecule has 130 valence electrons. The van der Waals surface area contributed by atoms with E-state index in [2.05, 4.69) is 71.2 Å². The number of aryl methyl sites for hydroxylation is 2. The van der Waals surface area contributed by atoms with Crippen LogP contribution in [-0.2, 0) is 6.54 Å². The fourth-order valence-electron chi connectivity index (χ4n) is 3.12. The van der Waals surface area contributed by atoms with Crippen LogP contribution in [0.2, 0.25) is 0 Å². The molecule has 6 heteroatoms. The van der Waals surface area contributed by atoms with Gasteiger partial charge < -0.3 is 10.6 Å². The lowest BCUT2D eigenvalue weighted by Crippen LogP contribution is -2.18. The van der Waals surface area contributed by atoms with Crippen molar-refractivity contribution in [2.75, 3.05) is 10.6 Å². The smallest absolute Gasteiger partial charge is 0.192 e. The number of nitrogen functional groups attached to an aromatic ring is 1. The average Bonchev–Trinajstić information content (AvgIpc) is 3.07. The third-order valence-corrected chi connectivity index (χ3v) is 5.32. The molecule has 0 spiro atoms. The topological polar surface area (TPSA) is 67.9 Å². The number of fused-ring (bicyclic) bond motifs is 1. The van der Waals surface area contributed by atoms with E-state index in [1.807, 2.05) is 6.07 Å². The van der Waals surface area contributed by atoms with Crippen molar-refractivity contribution in [2.24, 2.45) is 0 Å². The molecule has 0 fully saturated rings. The van der Waals surface area contributed by atoms with Gasteiger partial charge in [-0.2, -0.15) is 0 Å². The van der Waals surface area contributed by atoms with E-state index in [1.165, 1.54) is 40.0 Å². The number of hydrogen-bond donors (Lipinski definition) is 1. The average molecular weight is 361 g/mol. The second kappa shape index (κ2) is 6.72. The molecule has 2 heterocycles. The first kappa shape index (κ1) is 16.5. The molecule has 0 saturated heterocycles. The molecule has 4 rings (SSSR count). The van der Waals surface area contributed by atoms with Gasteiger partial charge in [-0.3, -0.25) is 0 Å². The zero-order valence-corrected chi connectivity index (χ0v) is 15.5. The molecule has 0 aliphatic rings. The lowest BCUT2D eigenvalue weighted by molar-refractivity contribution is 0.955. The highest BCUT2D eigenvalue weighted by molar-refractivity contribution is 7.22. The molecule has 0 aliphatic heterocycles. The van der Waals surface area contributed by atoms with E-state index < -0.39 is 0 Å². The van der Waals surface area contributed by atoms with Crippen molar-refractivity contribution in [3.05, 3.63) is 71.5 Å². The Morgan fingerprint density at radius 3 is 2.38 bits per heavy atom. The van der Waals surface area contributed by atoms with Crippen molar-refractivity contribution in [2.45, 2.75) is 20.4 Å². The second-order valence-electron chi connectivity index (χ2n) is 6.22. The summed E-state index contributed by atoms with van der Waals surface area (Å²) >= 11 is 1.53. The van der Waals surface area contributed by atoms with Gasteiger partial charge in [-0.15, -0.1) is 0 Å². The minimum Gasteiger partial charge on any atom is -0.382 e. The zero-order valence-electron chi connectivity index (χ0n) is 14.7. The van der Waals surface area contributed by atoms with Crippen LogP contribution in [0.15, 0.2) is 54.9 Å². The van der Waals surface area contributed by atoms with E-state index in [9.17, 15) is 0 Å². The summed E-state index contributed by atoms with van der Waals surface area (Å²) < 4.78 is 0. The summed E-state index contributed by atoms with van der Waals surface area (Å²) in [7, 11) is 0. The monoisotopic (exact) mass is 361 g/mol. The molecule has 0 radical (unpaired) electrons. The first-order chi connectivity index (χ1) is 12.6. The van der Waals surface area contributed by atoms with Gasteiger partial charge in [-0.1, -0.05) is 59.9 Å². The van der Waals surface area contributed by atoms with Crippen LogP contribution in [0.25, 0.3) is 10.3 Å². The minimum absolute atomic E-state index is 0.415. The SMILES string of the molecule is Cc1cccc(C)c1N(Cc1ccccc1)c1nc2c(N)ncnc2s1. The molecule has 2 aromatic heterocycles. The number of aromatic nitrogens is 3. The Balaban J connectivity index is 1.88. The van der Waals surface area contributed by atoms with Gasteiger partial charge in [-0.25, -0.2) is 15.0 Å². The number of thiazole rings is 1. The van der Waals surface area contributed by atoms with Gasteiger partial charge in [0.05, 0.1) is 6.54 Å². The van der Waals surface area contributed by atoms with Gasteiger partial charge in [0.1, 0.15) is 11.8 Å². The molecule has 2 N–H and O–H groups in total. The van der Waals surface area contributed by atoms with Crippen LogP contribution in [0.3, 0.4) is 0 Å². The normalized spacial score (nSPS) is 11.0. The molecule has 0 bridgehead atoms. The molecule has 2 aromatic carbocycles. The van der Waals surface area contributed by atoms with Crippen molar-refractivity contribution in [1.82, 2.24) is 15.0 Å². The summed E-state index contributed by atoms with van der Waals surface area (Å²) in [5.74, 6) is 0.415. The Kier molecular flexibility index (Phi) is 4.26. The molecule has 0 amide bonds. The Morgan fingerprint density at radius 2 is 1.69 bits per heavy atom. The third kappa shape index (κ3) is 2.99. The Morgan fingerprint density at radius 1 is 0.962 bits per heavy atom. The van der Waals surface area contributed by atoms with Crippen molar-refractivity contribution in [3.63, 3.8) is 0 Å². The van der Waals surface area contributed by atoms with Crippen molar-refractivity contribution in [3.8, 4) is 0 Å². The molecular weight excluding hydrogens is 342 g/mol. The summed E-state index contributed by atoms with van der Waals surface area (Å²) in [6.45, 7) is 4.98. The molecule has 5 nitrogen and oxygen atoms in total. The van der Waals surface area contributed by atoms with E-state index in [0.29, 0.717) is 11.3 Å². The van der Waals surface area contributed by atoms with Crippen molar-refractivity contribution in [1.29, 1.82) is 0 Å². The Bertz CT molecular complexity index is 1040. The van der Waals surface area contributed by atoms with E-state index in [0.717, 1.165) is 16.5 Å². The lowest BCUT2D eigenvalue weighted by Gasteiger charge is -2.26. The Labute approximate surface area is 156 Å². The first-order valence-corrected chi connectivity index (χ1v) is 9.20. The fraction of sp³-hybridized carbons (Fsp3) is 0.150. The van der Waals surface area contributed by atoms with Crippen LogP contribution in [-0.4, -0.2) is 15.0 Å². The van der Waals surface area contributed by atoms with Crippen molar-refractivity contribution >= 4 is 38.3 Å². The number of nitrogens with zero attached hydrogens (tertiary/aromatic N) is 4. The summed E-state index contributed by atoms with van der Waals surface area (Å²) in [4.78, 5) is 16.2. The fourth-order valence-corrected chi connectivity index (χ4v) is 4.04. The molecule has 0 aliphatic carbocycles. The number of benzene rings is 2. The van der Waals surface area contributed by atoms with Gasteiger partial charge in [-0.05, 0) is 30.5 Å². The molecule has 4 aromatic rings. The van der Waals surface area contributed by atoms with Crippen LogP contribution in [0.1, 0.15) is 16.7 Å². The maximum absolute atomic E-state index is 6.00. The maximum atomic E-state index is 6.00.